The third-order valence-corrected chi connectivity index (χ3v) is 10.6. The molecule has 0 fully saturated rings. The predicted octanol–water partition coefficient (Wildman–Crippen LogP) is 12.7. The number of nitrogens with zero attached hydrogens (tertiary/aromatic N) is 4. The van der Waals surface area contributed by atoms with Crippen LogP contribution in [0.15, 0.2) is 182 Å². The second kappa shape index (κ2) is 12.1. The molecule has 0 aliphatic heterocycles. The van der Waals surface area contributed by atoms with E-state index in [1.807, 2.05) is 36.4 Å². The lowest BCUT2D eigenvalue weighted by molar-refractivity contribution is 1.18. The summed E-state index contributed by atoms with van der Waals surface area (Å²) in [5, 5.41) is 4.63. The molecule has 3 aromatic heterocycles. The average molecular weight is 687 g/mol. The summed E-state index contributed by atoms with van der Waals surface area (Å²) in [7, 11) is 0. The van der Waals surface area contributed by atoms with Crippen LogP contribution in [-0.2, 0) is 0 Å². The summed E-state index contributed by atoms with van der Waals surface area (Å²) in [6, 6.07) is 63.6. The first-order valence-electron chi connectivity index (χ1n) is 18.2. The quantitative estimate of drug-likeness (QED) is 0.169. The van der Waals surface area contributed by atoms with Gasteiger partial charge in [-0.25, -0.2) is 19.9 Å². The molecule has 0 radical (unpaired) electrons. The fourth-order valence-corrected chi connectivity index (χ4v) is 8.02. The van der Waals surface area contributed by atoms with Crippen molar-refractivity contribution in [1.82, 2.24) is 19.9 Å². The SMILES string of the molecule is c1ccc(-c2cc(-c3cccc(-c4ccc5ccc6ccc(-c7ccc8c9c(cccc79)-c7ccccc7-8)nc6c5n4)c3)nc(-c3ccccc3)n2)cc1. The Balaban J connectivity index is 1.03. The monoisotopic (exact) mass is 686 g/mol. The highest BCUT2D eigenvalue weighted by atomic mass is 14.9. The molecule has 0 bridgehead atoms. The Kier molecular flexibility index (Phi) is 6.82. The first-order valence-corrected chi connectivity index (χ1v) is 18.2. The maximum Gasteiger partial charge on any atom is 0.160 e. The van der Waals surface area contributed by atoms with E-state index in [4.69, 9.17) is 19.9 Å². The van der Waals surface area contributed by atoms with E-state index in [0.717, 1.165) is 72.4 Å². The van der Waals surface area contributed by atoms with Gasteiger partial charge < -0.3 is 0 Å². The van der Waals surface area contributed by atoms with Gasteiger partial charge in [-0.2, -0.15) is 0 Å². The van der Waals surface area contributed by atoms with Crippen LogP contribution in [0.1, 0.15) is 0 Å². The van der Waals surface area contributed by atoms with Crippen LogP contribution in [0.3, 0.4) is 0 Å². The lowest BCUT2D eigenvalue weighted by Gasteiger charge is -2.12. The van der Waals surface area contributed by atoms with Crippen molar-refractivity contribution in [2.24, 2.45) is 0 Å². The Morgan fingerprint density at radius 2 is 0.778 bits per heavy atom. The summed E-state index contributed by atoms with van der Waals surface area (Å²) in [5.74, 6) is 0.694. The van der Waals surface area contributed by atoms with Gasteiger partial charge in [-0.1, -0.05) is 158 Å². The molecule has 1 aliphatic rings. The maximum atomic E-state index is 5.35. The van der Waals surface area contributed by atoms with Gasteiger partial charge in [0.05, 0.1) is 33.8 Å². The van der Waals surface area contributed by atoms with Crippen molar-refractivity contribution >= 4 is 32.6 Å². The van der Waals surface area contributed by atoms with Gasteiger partial charge in [-0.05, 0) is 57.3 Å². The van der Waals surface area contributed by atoms with Crippen LogP contribution >= 0.6 is 0 Å². The Morgan fingerprint density at radius 1 is 0.278 bits per heavy atom. The minimum Gasteiger partial charge on any atom is -0.245 e. The number of benzene rings is 7. The highest BCUT2D eigenvalue weighted by Gasteiger charge is 2.22. The molecule has 0 unspecified atom stereocenters. The molecule has 4 nitrogen and oxygen atoms in total. The first kappa shape index (κ1) is 30.3. The molecule has 250 valence electrons. The Bertz CT molecular complexity index is 3010. The second-order valence-corrected chi connectivity index (χ2v) is 13.8. The number of rotatable bonds is 5. The van der Waals surface area contributed by atoms with Gasteiger partial charge in [-0.15, -0.1) is 0 Å². The molecule has 0 saturated carbocycles. The van der Waals surface area contributed by atoms with E-state index in [1.165, 1.54) is 33.0 Å². The van der Waals surface area contributed by atoms with Gasteiger partial charge in [0, 0.05) is 38.6 Å². The van der Waals surface area contributed by atoms with Gasteiger partial charge in [0.1, 0.15) is 0 Å². The summed E-state index contributed by atoms with van der Waals surface area (Å²) in [6.07, 6.45) is 0. The van der Waals surface area contributed by atoms with Gasteiger partial charge in [0.15, 0.2) is 5.82 Å². The topological polar surface area (TPSA) is 51.6 Å². The smallest absolute Gasteiger partial charge is 0.160 e. The fourth-order valence-electron chi connectivity index (χ4n) is 8.02. The first-order chi connectivity index (χ1) is 26.7. The van der Waals surface area contributed by atoms with Crippen molar-refractivity contribution in [3.8, 4) is 78.7 Å². The normalized spacial score (nSPS) is 11.7. The zero-order valence-electron chi connectivity index (χ0n) is 29.1. The Morgan fingerprint density at radius 3 is 1.50 bits per heavy atom. The molecule has 0 N–H and O–H groups in total. The van der Waals surface area contributed by atoms with Crippen LogP contribution < -0.4 is 0 Å². The molecule has 54 heavy (non-hydrogen) atoms. The van der Waals surface area contributed by atoms with E-state index in [9.17, 15) is 0 Å². The summed E-state index contributed by atoms with van der Waals surface area (Å²) >= 11 is 0. The Hall–Kier alpha value is -7.30. The van der Waals surface area contributed by atoms with E-state index >= 15 is 0 Å². The van der Waals surface area contributed by atoms with E-state index in [-0.39, 0.29) is 0 Å². The summed E-state index contributed by atoms with van der Waals surface area (Å²) in [5.41, 5.74) is 15.7. The number of fused-ring (bicyclic) bond motifs is 6. The second-order valence-electron chi connectivity index (χ2n) is 13.8. The molecule has 3 heterocycles. The summed E-state index contributed by atoms with van der Waals surface area (Å²) < 4.78 is 0. The average Bonchev–Trinajstić information content (AvgIpc) is 3.58. The van der Waals surface area contributed by atoms with Gasteiger partial charge in [-0.3, -0.25) is 0 Å². The number of hydrogen-bond acceptors (Lipinski definition) is 4. The molecule has 0 atom stereocenters. The number of hydrogen-bond donors (Lipinski definition) is 0. The highest BCUT2D eigenvalue weighted by Crippen LogP contribution is 2.49. The lowest BCUT2D eigenvalue weighted by atomic mass is 9.96. The molecule has 0 saturated heterocycles. The molecule has 1 aliphatic carbocycles. The number of aromatic nitrogens is 4. The van der Waals surface area contributed by atoms with Crippen molar-refractivity contribution in [2.75, 3.05) is 0 Å². The van der Waals surface area contributed by atoms with E-state index < -0.39 is 0 Å². The minimum atomic E-state index is 0.694. The van der Waals surface area contributed by atoms with E-state index in [1.54, 1.807) is 0 Å². The lowest BCUT2D eigenvalue weighted by Crippen LogP contribution is -1.96. The molecule has 7 aromatic carbocycles. The third kappa shape index (κ3) is 4.92. The molecule has 11 rings (SSSR count). The van der Waals surface area contributed by atoms with Crippen molar-refractivity contribution in [2.45, 2.75) is 0 Å². The molecule has 4 heteroatoms. The summed E-state index contributed by atoms with van der Waals surface area (Å²) in [4.78, 5) is 20.7. The van der Waals surface area contributed by atoms with E-state index in [2.05, 4.69) is 146 Å². The highest BCUT2D eigenvalue weighted by molar-refractivity contribution is 6.18. The largest absolute Gasteiger partial charge is 0.245 e. The van der Waals surface area contributed by atoms with Gasteiger partial charge in [0.2, 0.25) is 0 Å². The molecular weight excluding hydrogens is 657 g/mol. The standard InChI is InChI=1S/C50H30N4/c1-3-11-31(12-4-1)45-30-46(54-50(53-45)34-13-5-2-6-14-34)36-16-9-15-35(29-36)43-27-23-32-21-22-33-24-28-44(52-49(33)48(32)51-43)39-25-26-42-38-18-8-7-17-37(38)40-19-10-20-41(39)47(40)42/h1-30H. The molecular formula is C50H30N4. The number of pyridine rings is 2. The van der Waals surface area contributed by atoms with E-state index in [0.29, 0.717) is 5.82 Å². The fraction of sp³-hybridized carbons (Fsp3) is 0. The van der Waals surface area contributed by atoms with Crippen LogP contribution in [0.25, 0.3) is 111 Å². The maximum absolute atomic E-state index is 5.35. The minimum absolute atomic E-state index is 0.694. The third-order valence-electron chi connectivity index (χ3n) is 10.6. The van der Waals surface area contributed by atoms with Crippen molar-refractivity contribution in [1.29, 1.82) is 0 Å². The van der Waals surface area contributed by atoms with Crippen molar-refractivity contribution in [3.05, 3.63) is 182 Å². The molecule has 10 aromatic rings. The molecule has 0 amide bonds. The molecule has 0 spiro atoms. The summed E-state index contributed by atoms with van der Waals surface area (Å²) in [6.45, 7) is 0. The Labute approximate surface area is 312 Å². The van der Waals surface area contributed by atoms with Crippen LogP contribution in [0.4, 0.5) is 0 Å². The van der Waals surface area contributed by atoms with Crippen molar-refractivity contribution < 1.29 is 0 Å². The van der Waals surface area contributed by atoms with Crippen LogP contribution in [0.2, 0.25) is 0 Å². The van der Waals surface area contributed by atoms with Gasteiger partial charge in [0.25, 0.3) is 0 Å². The van der Waals surface area contributed by atoms with Crippen LogP contribution in [0, 0.1) is 0 Å². The van der Waals surface area contributed by atoms with Crippen molar-refractivity contribution in [3.63, 3.8) is 0 Å². The predicted molar refractivity (Wildman–Crippen MR) is 222 cm³/mol. The zero-order chi connectivity index (χ0) is 35.6. The van der Waals surface area contributed by atoms with Gasteiger partial charge >= 0.3 is 0 Å². The van der Waals surface area contributed by atoms with Crippen LogP contribution in [-0.4, -0.2) is 19.9 Å². The zero-order valence-corrected chi connectivity index (χ0v) is 29.1. The van der Waals surface area contributed by atoms with Crippen LogP contribution in [0.5, 0.6) is 0 Å².